The summed E-state index contributed by atoms with van der Waals surface area (Å²) in [6, 6.07) is 11.9. The number of imidazole rings is 1. The lowest BCUT2D eigenvalue weighted by Gasteiger charge is -2.20. The standard InChI is InChI=1S/C24H26N4O2S/c1-17-6-4-7-20(14-17)30-15-22(29)28(12-5-11-27-13-10-25-16-27)24-26-23-19(3)18(2)8-9-21(23)31-24/h4,6-10,13-14,16H,5,11-12,15H2,1-3H3. The van der Waals surface area contributed by atoms with Crippen LogP contribution in [0, 0.1) is 20.8 Å². The van der Waals surface area contributed by atoms with E-state index in [-0.39, 0.29) is 12.5 Å². The number of aromatic nitrogens is 3. The fourth-order valence-electron chi connectivity index (χ4n) is 3.42. The minimum absolute atomic E-state index is 0.0253. The minimum Gasteiger partial charge on any atom is -0.484 e. The predicted octanol–water partition coefficient (Wildman–Crippen LogP) is 4.92. The van der Waals surface area contributed by atoms with E-state index in [1.54, 1.807) is 28.8 Å². The number of thiazole rings is 1. The number of benzene rings is 2. The van der Waals surface area contributed by atoms with Gasteiger partial charge in [-0.15, -0.1) is 0 Å². The Morgan fingerprint density at radius 3 is 2.84 bits per heavy atom. The second kappa shape index (κ2) is 9.31. The van der Waals surface area contributed by atoms with Gasteiger partial charge in [-0.2, -0.15) is 0 Å². The van der Waals surface area contributed by atoms with Crippen LogP contribution in [0.3, 0.4) is 0 Å². The molecule has 2 heterocycles. The van der Waals surface area contributed by atoms with Crippen LogP contribution in [0.5, 0.6) is 5.75 Å². The Hall–Kier alpha value is -3.19. The molecule has 7 heteroatoms. The van der Waals surface area contributed by atoms with Gasteiger partial charge >= 0.3 is 0 Å². The summed E-state index contributed by atoms with van der Waals surface area (Å²) < 4.78 is 8.89. The second-order valence-corrected chi connectivity index (χ2v) is 8.66. The van der Waals surface area contributed by atoms with Crippen LogP contribution in [-0.2, 0) is 11.3 Å². The Morgan fingerprint density at radius 2 is 2.06 bits per heavy atom. The molecule has 160 valence electrons. The van der Waals surface area contributed by atoms with Crippen molar-refractivity contribution in [2.45, 2.75) is 33.7 Å². The maximum atomic E-state index is 13.2. The van der Waals surface area contributed by atoms with Gasteiger partial charge in [-0.05, 0) is 62.1 Å². The number of fused-ring (bicyclic) bond motifs is 1. The van der Waals surface area contributed by atoms with Gasteiger partial charge in [0.2, 0.25) is 0 Å². The molecule has 0 aliphatic carbocycles. The highest BCUT2D eigenvalue weighted by atomic mass is 32.1. The molecule has 0 aliphatic heterocycles. The lowest BCUT2D eigenvalue weighted by Crippen LogP contribution is -2.36. The van der Waals surface area contributed by atoms with Crippen molar-refractivity contribution in [2.24, 2.45) is 0 Å². The summed E-state index contributed by atoms with van der Waals surface area (Å²) in [7, 11) is 0. The van der Waals surface area contributed by atoms with E-state index in [4.69, 9.17) is 9.72 Å². The van der Waals surface area contributed by atoms with Crippen molar-refractivity contribution in [3.05, 3.63) is 71.8 Å². The van der Waals surface area contributed by atoms with Crippen molar-refractivity contribution >= 4 is 32.6 Å². The zero-order chi connectivity index (χ0) is 21.8. The second-order valence-electron chi connectivity index (χ2n) is 7.66. The summed E-state index contributed by atoms with van der Waals surface area (Å²) in [6.07, 6.45) is 6.27. The predicted molar refractivity (Wildman–Crippen MR) is 125 cm³/mol. The highest BCUT2D eigenvalue weighted by Gasteiger charge is 2.21. The maximum Gasteiger partial charge on any atom is 0.266 e. The van der Waals surface area contributed by atoms with E-state index in [9.17, 15) is 4.79 Å². The first-order valence-corrected chi connectivity index (χ1v) is 11.2. The van der Waals surface area contributed by atoms with Crippen LogP contribution < -0.4 is 9.64 Å². The summed E-state index contributed by atoms with van der Waals surface area (Å²) >= 11 is 1.55. The van der Waals surface area contributed by atoms with Gasteiger partial charge in [0, 0.05) is 25.5 Å². The molecular weight excluding hydrogens is 408 g/mol. The van der Waals surface area contributed by atoms with Gasteiger partial charge in [0.25, 0.3) is 5.91 Å². The molecule has 0 saturated heterocycles. The number of carbonyl (C=O) groups excluding carboxylic acids is 1. The average molecular weight is 435 g/mol. The van der Waals surface area contributed by atoms with E-state index in [0.717, 1.165) is 34.3 Å². The fourth-order valence-corrected chi connectivity index (χ4v) is 4.48. The van der Waals surface area contributed by atoms with E-state index < -0.39 is 0 Å². The molecule has 2 aromatic carbocycles. The Bertz CT molecular complexity index is 1180. The Labute approximate surface area is 186 Å². The zero-order valence-electron chi connectivity index (χ0n) is 18.0. The number of anilines is 1. The number of aryl methyl sites for hydroxylation is 4. The molecule has 0 unspecified atom stereocenters. The first kappa shape index (κ1) is 21.1. The van der Waals surface area contributed by atoms with Gasteiger partial charge < -0.3 is 9.30 Å². The van der Waals surface area contributed by atoms with Gasteiger partial charge in [-0.3, -0.25) is 9.69 Å². The zero-order valence-corrected chi connectivity index (χ0v) is 18.9. The molecule has 0 bridgehead atoms. The molecule has 31 heavy (non-hydrogen) atoms. The van der Waals surface area contributed by atoms with Gasteiger partial charge in [-0.25, -0.2) is 9.97 Å². The number of carbonyl (C=O) groups is 1. The van der Waals surface area contributed by atoms with Crippen LogP contribution in [0.25, 0.3) is 10.2 Å². The SMILES string of the molecule is Cc1cccc(OCC(=O)N(CCCn2ccnc2)c2nc3c(C)c(C)ccc3s2)c1. The van der Waals surface area contributed by atoms with E-state index >= 15 is 0 Å². The Kier molecular flexibility index (Phi) is 6.32. The number of ether oxygens (including phenoxy) is 1. The summed E-state index contributed by atoms with van der Waals surface area (Å²) in [6.45, 7) is 7.48. The maximum absolute atomic E-state index is 13.2. The third-order valence-electron chi connectivity index (χ3n) is 5.31. The first-order chi connectivity index (χ1) is 15.0. The normalized spacial score (nSPS) is 11.1. The Morgan fingerprint density at radius 1 is 1.19 bits per heavy atom. The van der Waals surface area contributed by atoms with E-state index in [0.29, 0.717) is 17.4 Å². The van der Waals surface area contributed by atoms with E-state index in [1.807, 2.05) is 42.0 Å². The monoisotopic (exact) mass is 434 g/mol. The summed E-state index contributed by atoms with van der Waals surface area (Å²) in [4.78, 5) is 23.8. The van der Waals surface area contributed by atoms with Crippen molar-refractivity contribution in [1.29, 1.82) is 0 Å². The van der Waals surface area contributed by atoms with Crippen molar-refractivity contribution < 1.29 is 9.53 Å². The number of amides is 1. The van der Waals surface area contributed by atoms with Crippen LogP contribution in [0.4, 0.5) is 5.13 Å². The van der Waals surface area contributed by atoms with Crippen LogP contribution in [0.15, 0.2) is 55.1 Å². The first-order valence-electron chi connectivity index (χ1n) is 10.3. The molecular formula is C24H26N4O2S. The lowest BCUT2D eigenvalue weighted by atomic mass is 10.1. The van der Waals surface area contributed by atoms with Crippen molar-refractivity contribution in [2.75, 3.05) is 18.1 Å². The highest BCUT2D eigenvalue weighted by Crippen LogP contribution is 2.32. The van der Waals surface area contributed by atoms with Gasteiger partial charge in [0.15, 0.2) is 11.7 Å². The number of hydrogen-bond donors (Lipinski definition) is 0. The molecule has 0 spiro atoms. The third kappa shape index (κ3) is 4.94. The molecule has 1 amide bonds. The van der Waals surface area contributed by atoms with Crippen molar-refractivity contribution in [3.63, 3.8) is 0 Å². The van der Waals surface area contributed by atoms with Crippen LogP contribution in [0.1, 0.15) is 23.1 Å². The molecule has 0 radical (unpaired) electrons. The van der Waals surface area contributed by atoms with Gasteiger partial charge in [-0.1, -0.05) is 29.5 Å². The van der Waals surface area contributed by atoms with E-state index in [1.165, 1.54) is 5.56 Å². The van der Waals surface area contributed by atoms with Gasteiger partial charge in [0.1, 0.15) is 5.75 Å². The Balaban J connectivity index is 1.54. The molecule has 0 saturated carbocycles. The van der Waals surface area contributed by atoms with E-state index in [2.05, 4.69) is 31.0 Å². The molecule has 0 atom stereocenters. The van der Waals surface area contributed by atoms with Crippen molar-refractivity contribution in [3.8, 4) is 5.75 Å². The fraction of sp³-hybridized carbons (Fsp3) is 0.292. The molecule has 2 aromatic heterocycles. The van der Waals surface area contributed by atoms with Crippen molar-refractivity contribution in [1.82, 2.24) is 14.5 Å². The highest BCUT2D eigenvalue weighted by molar-refractivity contribution is 7.22. The molecule has 0 N–H and O–H groups in total. The summed E-state index contributed by atoms with van der Waals surface area (Å²) in [5.74, 6) is 0.600. The average Bonchev–Trinajstić information content (AvgIpc) is 3.42. The largest absolute Gasteiger partial charge is 0.484 e. The molecule has 6 nitrogen and oxygen atoms in total. The summed E-state index contributed by atoms with van der Waals surface area (Å²) in [5, 5.41) is 0.715. The summed E-state index contributed by atoms with van der Waals surface area (Å²) in [5.41, 5.74) is 4.41. The van der Waals surface area contributed by atoms with Crippen LogP contribution >= 0.6 is 11.3 Å². The minimum atomic E-state index is -0.0967. The van der Waals surface area contributed by atoms with Gasteiger partial charge in [0.05, 0.1) is 16.5 Å². The quantitative estimate of drug-likeness (QED) is 0.395. The molecule has 4 rings (SSSR count). The number of nitrogens with zero attached hydrogens (tertiary/aromatic N) is 4. The third-order valence-corrected chi connectivity index (χ3v) is 6.36. The topological polar surface area (TPSA) is 60.2 Å². The number of rotatable bonds is 8. The smallest absolute Gasteiger partial charge is 0.266 e. The molecule has 0 aliphatic rings. The van der Waals surface area contributed by atoms with Crippen LogP contribution in [0.2, 0.25) is 0 Å². The molecule has 4 aromatic rings. The number of hydrogen-bond acceptors (Lipinski definition) is 5. The van der Waals surface area contributed by atoms with Crippen LogP contribution in [-0.4, -0.2) is 33.6 Å². The molecule has 0 fully saturated rings. The lowest BCUT2D eigenvalue weighted by molar-refractivity contribution is -0.120.